The summed E-state index contributed by atoms with van der Waals surface area (Å²) in [5.41, 5.74) is 2.39. The fraction of sp³-hybridized carbons (Fsp3) is 0.667. The van der Waals surface area contributed by atoms with E-state index >= 15 is 0 Å². The molecule has 1 N–H and O–H groups in total. The number of nitrogens with one attached hydrogen (secondary N) is 1. The van der Waals surface area contributed by atoms with Crippen molar-refractivity contribution in [2.45, 2.75) is 38.8 Å². The maximum atomic E-state index is 11.5. The molecule has 0 radical (unpaired) electrons. The first-order valence-corrected chi connectivity index (χ1v) is 7.47. The predicted molar refractivity (Wildman–Crippen MR) is 71.2 cm³/mol. The van der Waals surface area contributed by atoms with Crippen molar-refractivity contribution < 1.29 is 9.53 Å². The summed E-state index contributed by atoms with van der Waals surface area (Å²) >= 11 is 1.62. The van der Waals surface area contributed by atoms with E-state index in [2.05, 4.69) is 9.82 Å². The largest absolute Gasteiger partial charge is 0.465 e. The third-order valence-corrected chi connectivity index (χ3v) is 3.63. The quantitative estimate of drug-likeness (QED) is 0.651. The van der Waals surface area contributed by atoms with Crippen LogP contribution in [0, 0.1) is 0 Å². The van der Waals surface area contributed by atoms with Gasteiger partial charge in [0.2, 0.25) is 0 Å². The van der Waals surface area contributed by atoms with Gasteiger partial charge in [0.25, 0.3) is 0 Å². The van der Waals surface area contributed by atoms with E-state index in [4.69, 9.17) is 4.74 Å². The zero-order valence-corrected chi connectivity index (χ0v) is 11.6. The Balaban J connectivity index is 2.12. The van der Waals surface area contributed by atoms with Crippen LogP contribution in [0.3, 0.4) is 0 Å². The van der Waals surface area contributed by atoms with Gasteiger partial charge in [-0.05, 0) is 32.4 Å². The second kappa shape index (κ2) is 6.24. The van der Waals surface area contributed by atoms with Gasteiger partial charge in [-0.3, -0.25) is 14.2 Å². The average molecular weight is 269 g/mol. The maximum absolute atomic E-state index is 11.5. The average Bonchev–Trinajstić information content (AvgIpc) is 2.74. The molecule has 0 saturated carbocycles. The van der Waals surface area contributed by atoms with Crippen LogP contribution in [-0.2, 0) is 22.5 Å². The van der Waals surface area contributed by atoms with Crippen LogP contribution in [0.25, 0.3) is 0 Å². The number of fused-ring (bicyclic) bond motifs is 1. The number of nitrogens with zero attached hydrogens (tertiary/aromatic N) is 2. The smallest absolute Gasteiger partial charge is 0.327 e. The number of hydrogen-bond acceptors (Lipinski definition) is 5. The van der Waals surface area contributed by atoms with Gasteiger partial charge in [0, 0.05) is 17.3 Å². The number of aromatic nitrogens is 2. The molecular weight excluding hydrogens is 250 g/mol. The van der Waals surface area contributed by atoms with E-state index in [0.29, 0.717) is 12.6 Å². The molecule has 5 nitrogen and oxygen atoms in total. The minimum absolute atomic E-state index is 0.217. The first kappa shape index (κ1) is 13.4. The van der Waals surface area contributed by atoms with E-state index < -0.39 is 0 Å². The number of rotatable bonds is 5. The lowest BCUT2D eigenvalue weighted by atomic mass is 9.94. The van der Waals surface area contributed by atoms with Crippen LogP contribution >= 0.6 is 11.9 Å². The van der Waals surface area contributed by atoms with E-state index in [1.54, 1.807) is 16.6 Å². The molecule has 1 aliphatic rings. The Bertz CT molecular complexity index is 419. The molecule has 0 spiro atoms. The second-order valence-electron chi connectivity index (χ2n) is 4.28. The Labute approximate surface area is 111 Å². The summed E-state index contributed by atoms with van der Waals surface area (Å²) < 4.78 is 10.1. The van der Waals surface area contributed by atoms with Gasteiger partial charge in [-0.25, -0.2) is 0 Å². The monoisotopic (exact) mass is 269 g/mol. The molecule has 0 aromatic carbocycles. The summed E-state index contributed by atoms with van der Waals surface area (Å²) in [4.78, 5) is 11.5. The molecule has 0 saturated heterocycles. The lowest BCUT2D eigenvalue weighted by molar-refractivity contribution is -0.144. The summed E-state index contributed by atoms with van der Waals surface area (Å²) in [6.45, 7) is 2.45. The molecule has 6 heteroatoms. The van der Waals surface area contributed by atoms with Gasteiger partial charge in [0.15, 0.2) is 0 Å². The van der Waals surface area contributed by atoms with Crippen LogP contribution in [-0.4, -0.2) is 28.6 Å². The molecule has 2 rings (SSSR count). The van der Waals surface area contributed by atoms with E-state index in [1.807, 2.05) is 19.4 Å². The van der Waals surface area contributed by atoms with Crippen molar-refractivity contribution in [1.29, 1.82) is 0 Å². The molecule has 100 valence electrons. The molecule has 0 bridgehead atoms. The van der Waals surface area contributed by atoms with Gasteiger partial charge in [0.05, 0.1) is 12.8 Å². The number of esters is 1. The fourth-order valence-corrected chi connectivity index (χ4v) is 2.88. The first-order valence-electron chi connectivity index (χ1n) is 6.25. The van der Waals surface area contributed by atoms with Crippen LogP contribution in [0.5, 0.6) is 0 Å². The molecule has 1 aromatic rings. The fourth-order valence-electron chi connectivity index (χ4n) is 2.35. The molecule has 1 atom stereocenters. The Hall–Kier alpha value is -1.01. The molecule has 0 fully saturated rings. The molecule has 1 heterocycles. The third-order valence-electron chi connectivity index (χ3n) is 3.11. The first-order chi connectivity index (χ1) is 8.76. The highest BCUT2D eigenvalue weighted by Gasteiger charge is 2.24. The topological polar surface area (TPSA) is 56.2 Å². The molecule has 1 aromatic heterocycles. The van der Waals surface area contributed by atoms with Crippen molar-refractivity contribution in [1.82, 2.24) is 14.5 Å². The van der Waals surface area contributed by atoms with Gasteiger partial charge in [-0.2, -0.15) is 5.10 Å². The lowest BCUT2D eigenvalue weighted by Crippen LogP contribution is -2.22. The van der Waals surface area contributed by atoms with Gasteiger partial charge in [0.1, 0.15) is 6.54 Å². The van der Waals surface area contributed by atoms with E-state index in [9.17, 15) is 4.79 Å². The van der Waals surface area contributed by atoms with Crippen molar-refractivity contribution in [3.8, 4) is 0 Å². The Morgan fingerprint density at radius 2 is 2.56 bits per heavy atom. The van der Waals surface area contributed by atoms with Gasteiger partial charge in [-0.1, -0.05) is 11.9 Å². The Morgan fingerprint density at radius 1 is 1.72 bits per heavy atom. The van der Waals surface area contributed by atoms with Crippen molar-refractivity contribution in [3.05, 3.63) is 17.5 Å². The zero-order valence-electron chi connectivity index (χ0n) is 10.8. The Kier molecular flexibility index (Phi) is 4.66. The SMILES string of the molecule is CCOC(=O)Cn1ncc2c1CCCC2NSC. The highest BCUT2D eigenvalue weighted by Crippen LogP contribution is 2.30. The minimum Gasteiger partial charge on any atom is -0.465 e. The summed E-state index contributed by atoms with van der Waals surface area (Å²) in [6.07, 6.45) is 7.14. The lowest BCUT2D eigenvalue weighted by Gasteiger charge is -2.23. The summed E-state index contributed by atoms with van der Waals surface area (Å²) in [5, 5.41) is 4.32. The van der Waals surface area contributed by atoms with Crippen molar-refractivity contribution >= 4 is 17.9 Å². The van der Waals surface area contributed by atoms with Crippen LogP contribution in [0.2, 0.25) is 0 Å². The van der Waals surface area contributed by atoms with Crippen molar-refractivity contribution in [2.75, 3.05) is 12.9 Å². The van der Waals surface area contributed by atoms with Crippen LogP contribution in [0.1, 0.15) is 37.1 Å². The van der Waals surface area contributed by atoms with Gasteiger partial charge < -0.3 is 4.74 Å². The van der Waals surface area contributed by atoms with E-state index in [-0.39, 0.29) is 12.5 Å². The predicted octanol–water partition coefficient (Wildman–Crippen LogP) is 1.69. The van der Waals surface area contributed by atoms with Crippen molar-refractivity contribution in [3.63, 3.8) is 0 Å². The van der Waals surface area contributed by atoms with Gasteiger partial charge >= 0.3 is 5.97 Å². The van der Waals surface area contributed by atoms with E-state index in [1.165, 1.54) is 11.3 Å². The normalized spacial score (nSPS) is 18.4. The summed E-state index contributed by atoms with van der Waals surface area (Å²) in [7, 11) is 0. The third kappa shape index (κ3) is 2.87. The molecule has 1 aliphatic carbocycles. The van der Waals surface area contributed by atoms with E-state index in [0.717, 1.165) is 19.3 Å². The zero-order chi connectivity index (χ0) is 13.0. The number of ether oxygens (including phenoxy) is 1. The maximum Gasteiger partial charge on any atom is 0.327 e. The summed E-state index contributed by atoms with van der Waals surface area (Å²) in [6, 6.07) is 0.347. The summed E-state index contributed by atoms with van der Waals surface area (Å²) in [5.74, 6) is -0.219. The minimum atomic E-state index is -0.219. The number of hydrogen-bond donors (Lipinski definition) is 1. The molecule has 0 aliphatic heterocycles. The highest BCUT2D eigenvalue weighted by atomic mass is 32.2. The van der Waals surface area contributed by atoms with Gasteiger partial charge in [-0.15, -0.1) is 0 Å². The molecule has 18 heavy (non-hydrogen) atoms. The van der Waals surface area contributed by atoms with Crippen LogP contribution in [0.4, 0.5) is 0 Å². The number of carbonyl (C=O) groups excluding carboxylic acids is 1. The Morgan fingerprint density at radius 3 is 3.28 bits per heavy atom. The highest BCUT2D eigenvalue weighted by molar-refractivity contribution is 7.96. The van der Waals surface area contributed by atoms with Crippen LogP contribution < -0.4 is 4.72 Å². The standard InChI is InChI=1S/C12H19N3O2S/c1-3-17-12(16)8-15-11-6-4-5-10(14-18-2)9(11)7-13-15/h7,10,14H,3-6,8H2,1-2H3. The molecular formula is C12H19N3O2S. The number of carbonyl (C=O) groups is 1. The second-order valence-corrected chi connectivity index (χ2v) is 4.92. The van der Waals surface area contributed by atoms with Crippen molar-refractivity contribution in [2.24, 2.45) is 0 Å². The molecule has 1 unspecified atom stereocenters. The molecule has 0 amide bonds. The van der Waals surface area contributed by atoms with Crippen LogP contribution in [0.15, 0.2) is 6.20 Å².